The van der Waals surface area contributed by atoms with Crippen molar-refractivity contribution in [1.29, 1.82) is 0 Å². The fraction of sp³-hybridized carbons (Fsp3) is 0.138. The van der Waals surface area contributed by atoms with Gasteiger partial charge in [0.2, 0.25) is 0 Å². The first-order chi connectivity index (χ1) is 16.3. The average Bonchev–Trinajstić information content (AvgIpc) is 3.24. The second kappa shape index (κ2) is 9.72. The fourth-order valence-electron chi connectivity index (χ4n) is 4.20. The Kier molecular flexibility index (Phi) is 6.18. The zero-order valence-corrected chi connectivity index (χ0v) is 18.3. The molecule has 164 valence electrons. The number of aliphatic hydroxyl groups excluding tert-OH is 1. The molecule has 4 aromatic rings. The van der Waals surface area contributed by atoms with Crippen LogP contribution in [-0.4, -0.2) is 30.1 Å². The topological polar surface area (TPSA) is 53.8 Å². The second-order valence-corrected chi connectivity index (χ2v) is 8.21. The Balaban J connectivity index is 1.20. The van der Waals surface area contributed by atoms with Gasteiger partial charge in [-0.3, -0.25) is 0 Å². The summed E-state index contributed by atoms with van der Waals surface area (Å²) in [5.74, 6) is 0. The van der Waals surface area contributed by atoms with Gasteiger partial charge >= 0.3 is 0 Å². The predicted molar refractivity (Wildman–Crippen MR) is 134 cm³/mol. The lowest BCUT2D eigenvalue weighted by Crippen LogP contribution is -2.24. The third-order valence-electron chi connectivity index (χ3n) is 5.85. The van der Waals surface area contributed by atoms with E-state index in [-0.39, 0.29) is 6.61 Å². The lowest BCUT2D eigenvalue weighted by Gasteiger charge is -2.14. The Morgan fingerprint density at radius 2 is 1.42 bits per heavy atom. The molecular formula is C29H26N2O2. The van der Waals surface area contributed by atoms with Crippen LogP contribution in [0.4, 0.5) is 5.69 Å². The minimum absolute atomic E-state index is 0.104. The van der Waals surface area contributed by atoms with E-state index in [2.05, 4.69) is 52.9 Å². The number of aliphatic hydroxyl groups is 1. The standard InChI is InChI=1S/C29H26N2O2/c32-26(19-30-25-15-16-28-24(18-25)17-23-13-7-8-14-27(23)28)20-33-31-29(21-9-3-1-4-10-21)22-11-5-2-6-12-22/h1-16,18,26,30,32H,17,19-20H2. The van der Waals surface area contributed by atoms with E-state index < -0.39 is 6.10 Å². The molecule has 2 N–H and O–H groups in total. The van der Waals surface area contributed by atoms with Gasteiger partial charge in [0.05, 0.1) is 0 Å². The molecule has 0 bridgehead atoms. The van der Waals surface area contributed by atoms with Crippen LogP contribution in [0.1, 0.15) is 22.3 Å². The molecule has 0 saturated heterocycles. The summed E-state index contributed by atoms with van der Waals surface area (Å²) in [6.45, 7) is 0.486. The van der Waals surface area contributed by atoms with E-state index in [1.165, 1.54) is 22.3 Å². The predicted octanol–water partition coefficient (Wildman–Crippen LogP) is 5.50. The third kappa shape index (κ3) is 4.81. The van der Waals surface area contributed by atoms with E-state index in [9.17, 15) is 5.11 Å². The number of rotatable bonds is 8. The van der Waals surface area contributed by atoms with Crippen molar-refractivity contribution in [2.45, 2.75) is 12.5 Å². The number of anilines is 1. The molecule has 0 aromatic heterocycles. The molecule has 1 aliphatic rings. The van der Waals surface area contributed by atoms with Gasteiger partial charge in [-0.15, -0.1) is 0 Å². The molecule has 33 heavy (non-hydrogen) atoms. The fourth-order valence-corrected chi connectivity index (χ4v) is 4.20. The van der Waals surface area contributed by atoms with Gasteiger partial charge in [0, 0.05) is 23.4 Å². The van der Waals surface area contributed by atoms with Crippen molar-refractivity contribution >= 4 is 11.4 Å². The molecule has 4 aromatic carbocycles. The van der Waals surface area contributed by atoms with Crippen molar-refractivity contribution in [3.8, 4) is 11.1 Å². The van der Waals surface area contributed by atoms with Crippen LogP contribution in [0.5, 0.6) is 0 Å². The van der Waals surface area contributed by atoms with Gasteiger partial charge in [0.15, 0.2) is 0 Å². The molecule has 1 unspecified atom stereocenters. The molecule has 0 amide bonds. The lowest BCUT2D eigenvalue weighted by atomic mass is 10.0. The van der Waals surface area contributed by atoms with Crippen molar-refractivity contribution in [1.82, 2.24) is 0 Å². The summed E-state index contributed by atoms with van der Waals surface area (Å²) in [6, 6.07) is 34.8. The SMILES string of the molecule is OC(CNc1ccc2c(c1)Cc1ccccc1-2)CON=C(c1ccccc1)c1ccccc1. The minimum Gasteiger partial charge on any atom is -0.392 e. The van der Waals surface area contributed by atoms with Crippen LogP contribution in [0.2, 0.25) is 0 Å². The highest BCUT2D eigenvalue weighted by atomic mass is 16.6. The Morgan fingerprint density at radius 1 is 0.788 bits per heavy atom. The number of nitrogens with one attached hydrogen (secondary N) is 1. The maximum atomic E-state index is 10.4. The van der Waals surface area contributed by atoms with Gasteiger partial charge < -0.3 is 15.3 Å². The van der Waals surface area contributed by atoms with Crippen LogP contribution in [-0.2, 0) is 11.3 Å². The number of oxime groups is 1. The maximum absolute atomic E-state index is 10.4. The van der Waals surface area contributed by atoms with Crippen LogP contribution in [0.3, 0.4) is 0 Å². The van der Waals surface area contributed by atoms with E-state index in [0.29, 0.717) is 6.54 Å². The van der Waals surface area contributed by atoms with E-state index in [1.807, 2.05) is 60.7 Å². The second-order valence-electron chi connectivity index (χ2n) is 8.21. The summed E-state index contributed by atoms with van der Waals surface area (Å²) in [4.78, 5) is 5.57. The van der Waals surface area contributed by atoms with Gasteiger partial charge in [-0.25, -0.2) is 0 Å². The van der Waals surface area contributed by atoms with Gasteiger partial charge in [-0.2, -0.15) is 0 Å². The highest BCUT2D eigenvalue weighted by molar-refractivity contribution is 6.12. The Bertz CT molecular complexity index is 1210. The molecule has 0 fully saturated rings. The first kappa shape index (κ1) is 21.0. The van der Waals surface area contributed by atoms with Crippen molar-refractivity contribution in [2.75, 3.05) is 18.5 Å². The monoisotopic (exact) mass is 434 g/mol. The van der Waals surface area contributed by atoms with E-state index >= 15 is 0 Å². The molecule has 4 nitrogen and oxygen atoms in total. The molecule has 0 spiro atoms. The summed E-state index contributed by atoms with van der Waals surface area (Å²) in [6.07, 6.45) is 0.260. The number of fused-ring (bicyclic) bond motifs is 3. The summed E-state index contributed by atoms with van der Waals surface area (Å²) < 4.78 is 0. The Hall–Kier alpha value is -3.89. The van der Waals surface area contributed by atoms with E-state index in [4.69, 9.17) is 4.84 Å². The smallest absolute Gasteiger partial charge is 0.144 e. The van der Waals surface area contributed by atoms with Crippen LogP contribution in [0.15, 0.2) is 108 Å². The van der Waals surface area contributed by atoms with Crippen molar-refractivity contribution in [3.05, 3.63) is 125 Å². The number of nitrogens with zero attached hydrogens (tertiary/aromatic N) is 1. The molecular weight excluding hydrogens is 408 g/mol. The van der Waals surface area contributed by atoms with Gasteiger partial charge in [-0.05, 0) is 40.8 Å². The van der Waals surface area contributed by atoms with Gasteiger partial charge in [0.25, 0.3) is 0 Å². The Morgan fingerprint density at radius 3 is 2.15 bits per heavy atom. The normalized spacial score (nSPS) is 12.4. The quantitative estimate of drug-likeness (QED) is 0.250. The summed E-state index contributed by atoms with van der Waals surface area (Å²) in [5, 5.41) is 18.1. The van der Waals surface area contributed by atoms with Crippen molar-refractivity contribution in [3.63, 3.8) is 0 Å². The molecule has 0 radical (unpaired) electrons. The molecule has 1 aliphatic carbocycles. The number of hydrogen-bond acceptors (Lipinski definition) is 4. The first-order valence-electron chi connectivity index (χ1n) is 11.2. The van der Waals surface area contributed by atoms with Crippen LogP contribution >= 0.6 is 0 Å². The lowest BCUT2D eigenvalue weighted by molar-refractivity contribution is 0.0471. The van der Waals surface area contributed by atoms with Crippen molar-refractivity contribution in [2.24, 2.45) is 5.16 Å². The highest BCUT2D eigenvalue weighted by Crippen LogP contribution is 2.37. The van der Waals surface area contributed by atoms with Crippen molar-refractivity contribution < 1.29 is 9.94 Å². The number of benzene rings is 4. The average molecular weight is 435 g/mol. The summed E-state index contributed by atoms with van der Waals surface area (Å²) >= 11 is 0. The van der Waals surface area contributed by atoms with Crippen LogP contribution in [0.25, 0.3) is 11.1 Å². The molecule has 1 atom stereocenters. The summed E-state index contributed by atoms with van der Waals surface area (Å²) in [7, 11) is 0. The van der Waals surface area contributed by atoms with Gasteiger partial charge in [-0.1, -0.05) is 96.2 Å². The molecule has 0 saturated carbocycles. The van der Waals surface area contributed by atoms with Crippen LogP contribution in [0, 0.1) is 0 Å². The minimum atomic E-state index is -0.688. The highest BCUT2D eigenvalue weighted by Gasteiger charge is 2.18. The zero-order valence-electron chi connectivity index (χ0n) is 18.3. The first-order valence-corrected chi connectivity index (χ1v) is 11.2. The Labute approximate surface area is 194 Å². The van der Waals surface area contributed by atoms with Crippen LogP contribution < -0.4 is 5.32 Å². The largest absolute Gasteiger partial charge is 0.392 e. The van der Waals surface area contributed by atoms with E-state index in [1.54, 1.807) is 0 Å². The molecule has 4 heteroatoms. The maximum Gasteiger partial charge on any atom is 0.144 e. The van der Waals surface area contributed by atoms with Gasteiger partial charge in [0.1, 0.15) is 18.4 Å². The van der Waals surface area contributed by atoms with E-state index in [0.717, 1.165) is 28.9 Å². The summed E-state index contributed by atoms with van der Waals surface area (Å²) in [5.41, 5.74) is 8.97. The molecule has 5 rings (SSSR count). The number of hydrogen-bond donors (Lipinski definition) is 2. The molecule has 0 heterocycles. The zero-order chi connectivity index (χ0) is 22.5. The third-order valence-corrected chi connectivity index (χ3v) is 5.85. The molecule has 0 aliphatic heterocycles.